The van der Waals surface area contributed by atoms with E-state index < -0.39 is 6.10 Å². The highest BCUT2D eigenvalue weighted by Gasteiger charge is 2.09. The van der Waals surface area contributed by atoms with E-state index in [-0.39, 0.29) is 6.61 Å². The fraction of sp³-hybridized carbons (Fsp3) is 0.368. The Labute approximate surface area is 133 Å². The van der Waals surface area contributed by atoms with Gasteiger partial charge >= 0.3 is 0 Å². The zero-order valence-electron chi connectivity index (χ0n) is 13.3. The van der Waals surface area contributed by atoms with E-state index in [1.165, 1.54) is 0 Å². The van der Waals surface area contributed by atoms with Gasteiger partial charge in [0.25, 0.3) is 0 Å². The minimum Gasteiger partial charge on any atom is -0.490 e. The molecule has 3 nitrogen and oxygen atoms in total. The summed E-state index contributed by atoms with van der Waals surface area (Å²) in [6.07, 6.45) is -0.512. The van der Waals surface area contributed by atoms with Crippen molar-refractivity contribution in [2.24, 2.45) is 5.92 Å². The predicted octanol–water partition coefficient (Wildman–Crippen LogP) is 3.34. The van der Waals surface area contributed by atoms with Gasteiger partial charge < -0.3 is 15.2 Å². The standard InChI is InChI=1S/C19H25NO2/c1-15(2)12-20-13-17(21)14-22-19-11-7-6-10-18(19)16-8-4-3-5-9-16/h3-11,15,17,20-21H,12-14H2,1-2H3/t17-/m1/s1. The van der Waals surface area contributed by atoms with E-state index in [4.69, 9.17) is 4.74 Å². The van der Waals surface area contributed by atoms with Crippen LogP contribution in [0.1, 0.15) is 13.8 Å². The smallest absolute Gasteiger partial charge is 0.127 e. The van der Waals surface area contributed by atoms with Crippen LogP contribution in [0, 0.1) is 5.92 Å². The number of benzene rings is 2. The summed E-state index contributed by atoms with van der Waals surface area (Å²) in [5.41, 5.74) is 2.16. The molecule has 1 atom stereocenters. The van der Waals surface area contributed by atoms with Crippen LogP contribution >= 0.6 is 0 Å². The molecule has 3 heteroatoms. The summed E-state index contributed by atoms with van der Waals surface area (Å²) in [5.74, 6) is 1.38. The van der Waals surface area contributed by atoms with Crippen LogP contribution in [0.5, 0.6) is 5.75 Å². The first-order chi connectivity index (χ1) is 10.7. The first kappa shape index (κ1) is 16.5. The van der Waals surface area contributed by atoms with Crippen molar-refractivity contribution in [3.05, 3.63) is 54.6 Å². The molecule has 0 aromatic heterocycles. The topological polar surface area (TPSA) is 41.5 Å². The summed E-state index contributed by atoms with van der Waals surface area (Å²) in [5, 5.41) is 13.2. The number of ether oxygens (including phenoxy) is 1. The van der Waals surface area contributed by atoms with Crippen LogP contribution in [-0.4, -0.2) is 30.9 Å². The van der Waals surface area contributed by atoms with Crippen molar-refractivity contribution in [1.82, 2.24) is 5.32 Å². The van der Waals surface area contributed by atoms with Gasteiger partial charge in [0.2, 0.25) is 0 Å². The number of aliphatic hydroxyl groups is 1. The average molecular weight is 299 g/mol. The molecule has 22 heavy (non-hydrogen) atoms. The molecule has 0 saturated carbocycles. The van der Waals surface area contributed by atoms with Gasteiger partial charge in [0.1, 0.15) is 18.5 Å². The van der Waals surface area contributed by atoms with Crippen LogP contribution in [0.4, 0.5) is 0 Å². The highest BCUT2D eigenvalue weighted by Crippen LogP contribution is 2.29. The lowest BCUT2D eigenvalue weighted by molar-refractivity contribution is 0.106. The van der Waals surface area contributed by atoms with Crippen molar-refractivity contribution in [3.63, 3.8) is 0 Å². The van der Waals surface area contributed by atoms with Crippen molar-refractivity contribution in [3.8, 4) is 16.9 Å². The summed E-state index contributed by atoms with van der Waals surface area (Å²) in [4.78, 5) is 0. The molecule has 0 spiro atoms. The number of para-hydroxylation sites is 1. The molecular formula is C19H25NO2. The minimum absolute atomic E-state index is 0.287. The fourth-order valence-corrected chi connectivity index (χ4v) is 2.23. The van der Waals surface area contributed by atoms with Gasteiger partial charge in [0.15, 0.2) is 0 Å². The van der Waals surface area contributed by atoms with Gasteiger partial charge in [-0.25, -0.2) is 0 Å². The monoisotopic (exact) mass is 299 g/mol. The van der Waals surface area contributed by atoms with E-state index in [2.05, 4.69) is 31.3 Å². The lowest BCUT2D eigenvalue weighted by atomic mass is 10.1. The van der Waals surface area contributed by atoms with Crippen molar-refractivity contribution >= 4 is 0 Å². The Morgan fingerprint density at radius 1 is 0.955 bits per heavy atom. The average Bonchev–Trinajstić information content (AvgIpc) is 2.54. The molecule has 2 aromatic rings. The zero-order chi connectivity index (χ0) is 15.8. The Kier molecular flexibility index (Phi) is 6.44. The maximum Gasteiger partial charge on any atom is 0.127 e. The van der Waals surface area contributed by atoms with E-state index in [0.717, 1.165) is 23.4 Å². The number of hydrogen-bond donors (Lipinski definition) is 2. The highest BCUT2D eigenvalue weighted by atomic mass is 16.5. The van der Waals surface area contributed by atoms with Crippen molar-refractivity contribution < 1.29 is 9.84 Å². The molecule has 2 rings (SSSR count). The van der Waals surface area contributed by atoms with Gasteiger partial charge in [-0.3, -0.25) is 0 Å². The first-order valence-electron chi connectivity index (χ1n) is 7.83. The summed E-state index contributed by atoms with van der Waals surface area (Å²) in [7, 11) is 0. The van der Waals surface area contributed by atoms with Crippen LogP contribution in [0.25, 0.3) is 11.1 Å². The van der Waals surface area contributed by atoms with Crippen LogP contribution in [0.3, 0.4) is 0 Å². The van der Waals surface area contributed by atoms with Crippen LogP contribution in [-0.2, 0) is 0 Å². The molecule has 118 valence electrons. The molecule has 0 saturated heterocycles. The lowest BCUT2D eigenvalue weighted by Crippen LogP contribution is -2.33. The van der Waals surface area contributed by atoms with Crippen molar-refractivity contribution in [1.29, 1.82) is 0 Å². The Balaban J connectivity index is 1.93. The summed E-state index contributed by atoms with van der Waals surface area (Å²) >= 11 is 0. The third kappa shape index (κ3) is 5.17. The summed E-state index contributed by atoms with van der Waals surface area (Å²) < 4.78 is 5.82. The quantitative estimate of drug-likeness (QED) is 0.785. The van der Waals surface area contributed by atoms with Crippen molar-refractivity contribution in [2.45, 2.75) is 20.0 Å². The molecule has 0 heterocycles. The molecule has 0 aliphatic heterocycles. The Hall–Kier alpha value is -1.84. The maximum absolute atomic E-state index is 10.00. The van der Waals surface area contributed by atoms with E-state index in [1.807, 2.05) is 42.5 Å². The van der Waals surface area contributed by atoms with Crippen LogP contribution < -0.4 is 10.1 Å². The van der Waals surface area contributed by atoms with Crippen molar-refractivity contribution in [2.75, 3.05) is 19.7 Å². The number of aliphatic hydroxyl groups excluding tert-OH is 1. The number of hydrogen-bond acceptors (Lipinski definition) is 3. The number of nitrogens with one attached hydrogen (secondary N) is 1. The minimum atomic E-state index is -0.512. The first-order valence-corrected chi connectivity index (χ1v) is 7.83. The summed E-state index contributed by atoms with van der Waals surface area (Å²) in [6, 6.07) is 18.1. The molecule has 0 amide bonds. The van der Waals surface area contributed by atoms with Gasteiger partial charge in [0.05, 0.1) is 0 Å². The Morgan fingerprint density at radius 3 is 2.36 bits per heavy atom. The van der Waals surface area contributed by atoms with Gasteiger partial charge in [-0.1, -0.05) is 62.4 Å². The number of rotatable bonds is 8. The molecule has 0 aliphatic carbocycles. The third-order valence-corrected chi connectivity index (χ3v) is 3.34. The second kappa shape index (κ2) is 8.57. The normalized spacial score (nSPS) is 12.4. The predicted molar refractivity (Wildman–Crippen MR) is 91.1 cm³/mol. The second-order valence-corrected chi connectivity index (χ2v) is 5.88. The summed E-state index contributed by atoms with van der Waals surface area (Å²) in [6.45, 7) is 6.02. The van der Waals surface area contributed by atoms with E-state index >= 15 is 0 Å². The van der Waals surface area contributed by atoms with E-state index in [0.29, 0.717) is 12.5 Å². The van der Waals surface area contributed by atoms with Gasteiger partial charge in [-0.05, 0) is 24.1 Å². The SMILES string of the molecule is CC(C)CNC[C@@H](O)COc1ccccc1-c1ccccc1. The molecule has 0 unspecified atom stereocenters. The maximum atomic E-state index is 10.00. The molecule has 0 fully saturated rings. The van der Waals surface area contributed by atoms with E-state index in [9.17, 15) is 5.11 Å². The van der Waals surface area contributed by atoms with Crippen LogP contribution in [0.2, 0.25) is 0 Å². The van der Waals surface area contributed by atoms with Gasteiger partial charge in [-0.15, -0.1) is 0 Å². The molecular weight excluding hydrogens is 274 g/mol. The molecule has 0 aliphatic rings. The van der Waals surface area contributed by atoms with Crippen LogP contribution in [0.15, 0.2) is 54.6 Å². The van der Waals surface area contributed by atoms with Gasteiger partial charge in [-0.2, -0.15) is 0 Å². The lowest BCUT2D eigenvalue weighted by Gasteiger charge is -2.16. The second-order valence-electron chi connectivity index (χ2n) is 5.88. The fourth-order valence-electron chi connectivity index (χ4n) is 2.23. The molecule has 0 bridgehead atoms. The molecule has 2 N–H and O–H groups in total. The Morgan fingerprint density at radius 2 is 1.64 bits per heavy atom. The third-order valence-electron chi connectivity index (χ3n) is 3.34. The molecule has 0 radical (unpaired) electrons. The zero-order valence-corrected chi connectivity index (χ0v) is 13.3. The largest absolute Gasteiger partial charge is 0.490 e. The highest BCUT2D eigenvalue weighted by molar-refractivity contribution is 5.70. The molecule has 2 aromatic carbocycles. The van der Waals surface area contributed by atoms with E-state index in [1.54, 1.807) is 0 Å². The Bertz CT molecular complexity index is 554. The van der Waals surface area contributed by atoms with Gasteiger partial charge in [0, 0.05) is 12.1 Å².